The van der Waals surface area contributed by atoms with Crippen molar-refractivity contribution >= 4 is 0 Å². The molecule has 0 amide bonds. The molecule has 0 aliphatic rings. The molecule has 84 valence electrons. The Kier molecular flexibility index (Phi) is 2.54. The Morgan fingerprint density at radius 3 is 2.56 bits per heavy atom. The highest BCUT2D eigenvalue weighted by atomic mass is 19.1. The van der Waals surface area contributed by atoms with E-state index in [1.54, 1.807) is 18.5 Å². The average molecular weight is 218 g/mol. The van der Waals surface area contributed by atoms with Gasteiger partial charge in [0, 0.05) is 17.3 Å². The predicted octanol–water partition coefficient (Wildman–Crippen LogP) is 3.51. The summed E-state index contributed by atoms with van der Waals surface area (Å²) in [6.07, 6.45) is 3.33. The van der Waals surface area contributed by atoms with Crippen molar-refractivity contribution < 1.29 is 4.39 Å². The van der Waals surface area contributed by atoms with Gasteiger partial charge in [-0.05, 0) is 11.0 Å². The van der Waals surface area contributed by atoms with E-state index in [0.717, 1.165) is 11.1 Å². The lowest BCUT2D eigenvalue weighted by Gasteiger charge is -2.20. The lowest BCUT2D eigenvalue weighted by molar-refractivity contribution is 0.525. The second-order valence-corrected chi connectivity index (χ2v) is 4.90. The van der Waals surface area contributed by atoms with Crippen LogP contribution in [0.15, 0.2) is 30.6 Å². The van der Waals surface area contributed by atoms with E-state index in [1.165, 1.54) is 0 Å². The quantitative estimate of drug-likeness (QED) is 0.779. The van der Waals surface area contributed by atoms with Gasteiger partial charge in [0.15, 0.2) is 0 Å². The highest BCUT2D eigenvalue weighted by Gasteiger charge is 2.20. The van der Waals surface area contributed by atoms with E-state index in [-0.39, 0.29) is 11.2 Å². The lowest BCUT2D eigenvalue weighted by Crippen LogP contribution is -2.13. The molecule has 0 aliphatic carbocycles. The van der Waals surface area contributed by atoms with Crippen molar-refractivity contribution in [3.05, 3.63) is 42.0 Å². The number of H-pyrrole nitrogens is 1. The predicted molar refractivity (Wildman–Crippen MR) is 62.7 cm³/mol. The zero-order chi connectivity index (χ0) is 11.8. The largest absolute Gasteiger partial charge is 0.285 e. The Hall–Kier alpha value is -1.64. The zero-order valence-corrected chi connectivity index (χ0v) is 9.71. The Labute approximate surface area is 94.5 Å². The minimum atomic E-state index is -0.191. The molecule has 2 rings (SSSR count). The van der Waals surface area contributed by atoms with Gasteiger partial charge in [-0.2, -0.15) is 5.10 Å². The number of aromatic nitrogens is 2. The summed E-state index contributed by atoms with van der Waals surface area (Å²) in [6.45, 7) is 6.01. The third kappa shape index (κ3) is 1.85. The molecular formula is C13H15FN2. The molecule has 0 unspecified atom stereocenters. The molecule has 0 radical (unpaired) electrons. The van der Waals surface area contributed by atoms with Crippen molar-refractivity contribution in [1.82, 2.24) is 10.2 Å². The summed E-state index contributed by atoms with van der Waals surface area (Å²) in [7, 11) is 0. The normalized spacial score (nSPS) is 11.8. The van der Waals surface area contributed by atoms with Gasteiger partial charge in [0.2, 0.25) is 0 Å². The summed E-state index contributed by atoms with van der Waals surface area (Å²) in [4.78, 5) is 0. The molecule has 2 aromatic rings. The molecule has 0 aliphatic heterocycles. The van der Waals surface area contributed by atoms with Crippen molar-refractivity contribution in [3.8, 4) is 11.1 Å². The van der Waals surface area contributed by atoms with Crippen molar-refractivity contribution in [2.24, 2.45) is 0 Å². The number of rotatable bonds is 1. The summed E-state index contributed by atoms with van der Waals surface area (Å²) in [5.41, 5.74) is 1.92. The Morgan fingerprint density at radius 2 is 2.00 bits per heavy atom. The Balaban J connectivity index is 2.58. The first-order valence-corrected chi connectivity index (χ1v) is 5.28. The van der Waals surface area contributed by atoms with Crippen molar-refractivity contribution in [1.29, 1.82) is 0 Å². The second kappa shape index (κ2) is 3.74. The molecule has 0 spiro atoms. The maximum Gasteiger partial charge on any atom is 0.134 e. The van der Waals surface area contributed by atoms with Crippen LogP contribution in [-0.2, 0) is 5.41 Å². The minimum absolute atomic E-state index is 0.156. The van der Waals surface area contributed by atoms with E-state index in [1.807, 2.05) is 32.9 Å². The highest BCUT2D eigenvalue weighted by molar-refractivity contribution is 5.63. The van der Waals surface area contributed by atoms with E-state index in [9.17, 15) is 4.39 Å². The number of halogens is 1. The first kappa shape index (κ1) is 10.9. The number of hydrogen-bond acceptors (Lipinski definition) is 1. The van der Waals surface area contributed by atoms with Gasteiger partial charge in [0.25, 0.3) is 0 Å². The van der Waals surface area contributed by atoms with Gasteiger partial charge >= 0.3 is 0 Å². The highest BCUT2D eigenvalue weighted by Crippen LogP contribution is 2.31. The first-order chi connectivity index (χ1) is 7.50. The van der Waals surface area contributed by atoms with E-state index < -0.39 is 0 Å². The monoisotopic (exact) mass is 218 g/mol. The number of benzene rings is 1. The summed E-state index contributed by atoms with van der Waals surface area (Å²) < 4.78 is 14.3. The van der Waals surface area contributed by atoms with Crippen LogP contribution in [-0.4, -0.2) is 10.2 Å². The van der Waals surface area contributed by atoms with Crippen LogP contribution in [0, 0.1) is 5.82 Å². The molecule has 0 saturated heterocycles. The topological polar surface area (TPSA) is 28.7 Å². The number of nitrogens with one attached hydrogen (secondary N) is 1. The van der Waals surface area contributed by atoms with Gasteiger partial charge in [-0.15, -0.1) is 0 Å². The number of nitrogens with zero attached hydrogens (tertiary/aromatic N) is 1. The maximum absolute atomic E-state index is 14.3. The van der Waals surface area contributed by atoms with Crippen molar-refractivity contribution in [2.45, 2.75) is 26.2 Å². The molecule has 0 fully saturated rings. The number of hydrogen-bond donors (Lipinski definition) is 1. The maximum atomic E-state index is 14.3. The van der Waals surface area contributed by atoms with E-state index >= 15 is 0 Å². The first-order valence-electron chi connectivity index (χ1n) is 5.28. The van der Waals surface area contributed by atoms with Crippen LogP contribution in [0.3, 0.4) is 0 Å². The summed E-state index contributed by atoms with van der Waals surface area (Å²) >= 11 is 0. The molecule has 1 aromatic carbocycles. The van der Waals surface area contributed by atoms with Crippen molar-refractivity contribution in [2.75, 3.05) is 0 Å². The van der Waals surface area contributed by atoms with Crippen LogP contribution in [0.4, 0.5) is 4.39 Å². The molecule has 0 saturated carbocycles. The third-order valence-corrected chi connectivity index (χ3v) is 2.62. The van der Waals surface area contributed by atoms with E-state index in [0.29, 0.717) is 5.56 Å². The Bertz CT molecular complexity index is 481. The lowest BCUT2D eigenvalue weighted by atomic mass is 9.85. The fraction of sp³-hybridized carbons (Fsp3) is 0.308. The van der Waals surface area contributed by atoms with Crippen LogP contribution in [0.25, 0.3) is 11.1 Å². The smallest absolute Gasteiger partial charge is 0.134 e. The summed E-state index contributed by atoms with van der Waals surface area (Å²) in [5.74, 6) is -0.156. The van der Waals surface area contributed by atoms with Crippen LogP contribution in [0.1, 0.15) is 26.3 Å². The van der Waals surface area contributed by atoms with Crippen molar-refractivity contribution in [3.63, 3.8) is 0 Å². The van der Waals surface area contributed by atoms with Crippen LogP contribution < -0.4 is 0 Å². The zero-order valence-electron chi connectivity index (χ0n) is 9.71. The molecule has 1 N–H and O–H groups in total. The van der Waals surface area contributed by atoms with Gasteiger partial charge in [-0.1, -0.05) is 39.0 Å². The van der Waals surface area contributed by atoms with Gasteiger partial charge < -0.3 is 0 Å². The molecule has 16 heavy (non-hydrogen) atoms. The van der Waals surface area contributed by atoms with E-state index in [4.69, 9.17) is 0 Å². The summed E-state index contributed by atoms with van der Waals surface area (Å²) in [5, 5.41) is 6.54. The fourth-order valence-corrected chi connectivity index (χ4v) is 1.73. The van der Waals surface area contributed by atoms with Gasteiger partial charge in [-0.3, -0.25) is 5.10 Å². The molecule has 1 aromatic heterocycles. The molecular weight excluding hydrogens is 203 g/mol. The average Bonchev–Trinajstić information content (AvgIpc) is 2.69. The SMILES string of the molecule is CC(C)(C)c1cccc(-c2cn[nH]c2)c1F. The van der Waals surface area contributed by atoms with Crippen LogP contribution >= 0.6 is 0 Å². The second-order valence-electron chi connectivity index (χ2n) is 4.90. The van der Waals surface area contributed by atoms with Crippen LogP contribution in [0.2, 0.25) is 0 Å². The summed E-state index contributed by atoms with van der Waals surface area (Å²) in [6, 6.07) is 5.49. The third-order valence-electron chi connectivity index (χ3n) is 2.62. The minimum Gasteiger partial charge on any atom is -0.285 e. The molecule has 2 nitrogen and oxygen atoms in total. The van der Waals surface area contributed by atoms with Gasteiger partial charge in [0.1, 0.15) is 5.82 Å². The van der Waals surface area contributed by atoms with Gasteiger partial charge in [-0.25, -0.2) is 4.39 Å². The molecule has 3 heteroatoms. The number of aromatic amines is 1. The fourth-order valence-electron chi connectivity index (χ4n) is 1.73. The molecule has 0 bridgehead atoms. The molecule has 1 heterocycles. The van der Waals surface area contributed by atoms with E-state index in [2.05, 4.69) is 10.2 Å². The standard InChI is InChI=1S/C13H15FN2/c1-13(2,3)11-6-4-5-10(12(11)14)9-7-15-16-8-9/h4-8H,1-3H3,(H,15,16). The molecule has 0 atom stereocenters. The van der Waals surface area contributed by atoms with Gasteiger partial charge in [0.05, 0.1) is 6.20 Å². The van der Waals surface area contributed by atoms with Crippen LogP contribution in [0.5, 0.6) is 0 Å². The Morgan fingerprint density at radius 1 is 1.25 bits per heavy atom.